The lowest BCUT2D eigenvalue weighted by atomic mass is 9.82. The number of hydrogen-bond donors (Lipinski definition) is 2. The van der Waals surface area contributed by atoms with E-state index in [4.69, 9.17) is 0 Å². The first-order valence-corrected chi connectivity index (χ1v) is 15.7. The molecule has 1 aliphatic carbocycles. The van der Waals surface area contributed by atoms with Crippen LogP contribution in [0.3, 0.4) is 0 Å². The van der Waals surface area contributed by atoms with Gasteiger partial charge in [0, 0.05) is 30.6 Å². The summed E-state index contributed by atoms with van der Waals surface area (Å²) in [5.74, 6) is -2.60. The molecule has 5 rings (SSSR count). The normalized spacial score (nSPS) is 26.1. The van der Waals surface area contributed by atoms with Crippen molar-refractivity contribution in [2.24, 2.45) is 16.2 Å². The Kier molecular flexibility index (Phi) is 5.91. The Bertz CT molecular complexity index is 1390. The molecule has 2 aliphatic heterocycles. The van der Waals surface area contributed by atoms with Crippen LogP contribution in [0.1, 0.15) is 30.4 Å². The van der Waals surface area contributed by atoms with Crippen LogP contribution in [-0.4, -0.2) is 51.6 Å². The van der Waals surface area contributed by atoms with E-state index in [-0.39, 0.29) is 45.6 Å². The predicted octanol–water partition coefficient (Wildman–Crippen LogP) is 1.77. The number of nitrogens with one attached hydrogen (secondary N) is 2. The number of sulfonamides is 2. The van der Waals surface area contributed by atoms with Crippen molar-refractivity contribution in [3.05, 3.63) is 33.3 Å². The highest BCUT2D eigenvalue weighted by atomic mass is 32.2. The quantitative estimate of drug-likeness (QED) is 0.530. The molecule has 0 radical (unpaired) electrons. The Morgan fingerprint density at radius 2 is 2.06 bits per heavy atom. The van der Waals surface area contributed by atoms with Crippen LogP contribution in [0.5, 0.6) is 0 Å². The number of rotatable bonds is 6. The molecule has 3 atom stereocenters. The van der Waals surface area contributed by atoms with Gasteiger partial charge in [0.2, 0.25) is 15.9 Å². The molecule has 0 spiro atoms. The molecule has 3 unspecified atom stereocenters. The number of carbonyl (C=O) groups is 2. The topological polar surface area (TPSA) is 142 Å². The monoisotopic (exact) mass is 542 g/mol. The summed E-state index contributed by atoms with van der Waals surface area (Å²) in [6.07, 6.45) is 3.19. The van der Waals surface area contributed by atoms with Crippen molar-refractivity contribution in [3.8, 4) is 0 Å². The standard InChI is InChI=1S/C20H22N4O6S4/c1-33(27,28)21-7-12-10-32-19-17(12)34(29,30)23-18(22-19)15-16(25)13-3-2-4-14(13)24(20(15)26)8-11-5-6-31-9-11/h5-6,9-10,13-15,21H,2-4,7-8H2,1H3,(H,22,23). The fourth-order valence-electron chi connectivity index (χ4n) is 4.86. The minimum Gasteiger partial charge on any atom is -0.334 e. The molecule has 4 heterocycles. The molecule has 2 N–H and O–H groups in total. The smallest absolute Gasteiger partial charge is 0.287 e. The third-order valence-corrected chi connectivity index (χ3v) is 10.2. The Morgan fingerprint density at radius 3 is 2.76 bits per heavy atom. The molecule has 3 aliphatic rings. The number of nitrogens with zero attached hydrogens (tertiary/aromatic N) is 2. The van der Waals surface area contributed by atoms with Crippen LogP contribution in [0.15, 0.2) is 31.5 Å². The summed E-state index contributed by atoms with van der Waals surface area (Å²) in [7, 11) is -7.79. The first-order valence-electron chi connectivity index (χ1n) is 10.6. The van der Waals surface area contributed by atoms with Crippen molar-refractivity contribution < 1.29 is 26.4 Å². The Morgan fingerprint density at radius 1 is 1.26 bits per heavy atom. The average molecular weight is 543 g/mol. The first-order chi connectivity index (χ1) is 16.0. The summed E-state index contributed by atoms with van der Waals surface area (Å²) >= 11 is 2.58. The molecule has 0 bridgehead atoms. The lowest BCUT2D eigenvalue weighted by Crippen LogP contribution is -2.58. The zero-order valence-electron chi connectivity index (χ0n) is 18.1. The molecular formula is C20H22N4O6S4. The van der Waals surface area contributed by atoms with Gasteiger partial charge in [-0.15, -0.1) is 15.7 Å². The van der Waals surface area contributed by atoms with Crippen LogP contribution < -0.4 is 10.0 Å². The number of amides is 1. The van der Waals surface area contributed by atoms with Gasteiger partial charge in [-0.05, 0) is 40.6 Å². The van der Waals surface area contributed by atoms with E-state index in [1.165, 1.54) is 16.7 Å². The predicted molar refractivity (Wildman–Crippen MR) is 129 cm³/mol. The number of thiophene rings is 2. The second kappa shape index (κ2) is 8.52. The van der Waals surface area contributed by atoms with Crippen LogP contribution >= 0.6 is 22.7 Å². The number of likely N-dealkylation sites (tertiary alicyclic amines) is 1. The van der Waals surface area contributed by atoms with Gasteiger partial charge in [-0.25, -0.2) is 13.1 Å². The number of piperidine rings is 1. The molecule has 1 amide bonds. The van der Waals surface area contributed by atoms with E-state index < -0.39 is 31.9 Å². The van der Waals surface area contributed by atoms with Gasteiger partial charge in [-0.2, -0.15) is 19.8 Å². The summed E-state index contributed by atoms with van der Waals surface area (Å²) in [4.78, 5) is 28.5. The Labute approximate surface area is 205 Å². The summed E-state index contributed by atoms with van der Waals surface area (Å²) in [5, 5.41) is 8.52. The molecule has 14 heteroatoms. The maximum absolute atomic E-state index is 13.6. The van der Waals surface area contributed by atoms with Gasteiger partial charge >= 0.3 is 0 Å². The Balaban J connectivity index is 1.48. The molecule has 182 valence electrons. The van der Waals surface area contributed by atoms with E-state index >= 15 is 0 Å². The van der Waals surface area contributed by atoms with Crippen LogP contribution in [0, 0.1) is 11.8 Å². The van der Waals surface area contributed by atoms with Gasteiger partial charge < -0.3 is 10.2 Å². The third-order valence-electron chi connectivity index (χ3n) is 6.33. The van der Waals surface area contributed by atoms with Crippen molar-refractivity contribution in [1.82, 2.24) is 9.62 Å². The van der Waals surface area contributed by atoms with Gasteiger partial charge in [0.15, 0.2) is 11.7 Å². The summed E-state index contributed by atoms with van der Waals surface area (Å²) in [6.45, 7) is 0.148. The van der Waals surface area contributed by atoms with Crippen molar-refractivity contribution in [1.29, 1.82) is 0 Å². The van der Waals surface area contributed by atoms with Crippen LogP contribution in [-0.2, 0) is 42.7 Å². The van der Waals surface area contributed by atoms with Gasteiger partial charge in [0.05, 0.1) is 6.26 Å². The number of fused-ring (bicyclic) bond motifs is 2. The van der Waals surface area contributed by atoms with E-state index in [0.29, 0.717) is 13.0 Å². The summed E-state index contributed by atoms with van der Waals surface area (Å²) in [6, 6.07) is 1.74. The first kappa shape index (κ1) is 23.6. The molecular weight excluding hydrogens is 521 g/mol. The van der Waals surface area contributed by atoms with Gasteiger partial charge in [0.25, 0.3) is 10.0 Å². The molecule has 1 saturated carbocycles. The third kappa shape index (κ3) is 4.21. The van der Waals surface area contributed by atoms with Crippen molar-refractivity contribution in [3.63, 3.8) is 0 Å². The number of anilines is 1. The SMILES string of the molecule is CS(=O)(=O)NCc1csc2c1S(=O)(=O)N=C(C1C(=O)C3CCCC3N(Cc3ccsc3)C1=O)N2. The molecule has 10 nitrogen and oxygen atoms in total. The molecule has 2 aromatic heterocycles. The van der Waals surface area contributed by atoms with E-state index in [9.17, 15) is 26.4 Å². The van der Waals surface area contributed by atoms with Gasteiger partial charge in [-0.3, -0.25) is 9.59 Å². The largest absolute Gasteiger partial charge is 0.334 e. The van der Waals surface area contributed by atoms with Crippen LogP contribution in [0.4, 0.5) is 5.00 Å². The molecule has 1 saturated heterocycles. The van der Waals surface area contributed by atoms with Crippen LogP contribution in [0.2, 0.25) is 0 Å². The van der Waals surface area contributed by atoms with Gasteiger partial charge in [0.1, 0.15) is 15.7 Å². The maximum atomic E-state index is 13.6. The summed E-state index contributed by atoms with van der Waals surface area (Å²) < 4.78 is 55.2. The minimum absolute atomic E-state index is 0.137. The van der Waals surface area contributed by atoms with Crippen LogP contribution in [0.25, 0.3) is 0 Å². The Hall–Kier alpha value is -2.13. The second-order valence-corrected chi connectivity index (χ2v) is 13.7. The lowest BCUT2D eigenvalue weighted by Gasteiger charge is -2.40. The second-order valence-electron chi connectivity index (χ2n) is 8.63. The number of amidine groups is 1. The zero-order valence-corrected chi connectivity index (χ0v) is 21.3. The highest BCUT2D eigenvalue weighted by Crippen LogP contribution is 2.42. The van der Waals surface area contributed by atoms with E-state index in [0.717, 1.165) is 36.0 Å². The fourth-order valence-corrected chi connectivity index (χ4v) is 8.58. The van der Waals surface area contributed by atoms with E-state index in [1.807, 2.05) is 16.8 Å². The zero-order chi connectivity index (χ0) is 24.3. The number of hydrogen-bond acceptors (Lipinski definition) is 9. The molecule has 34 heavy (non-hydrogen) atoms. The highest BCUT2D eigenvalue weighted by molar-refractivity contribution is 7.91. The average Bonchev–Trinajstić information content (AvgIpc) is 3.49. The minimum atomic E-state index is -4.25. The number of carbonyl (C=O) groups excluding carboxylic acids is 2. The summed E-state index contributed by atoms with van der Waals surface area (Å²) in [5.41, 5.74) is 1.21. The molecule has 2 fully saturated rings. The van der Waals surface area contributed by atoms with Gasteiger partial charge in [-0.1, -0.05) is 6.42 Å². The maximum Gasteiger partial charge on any atom is 0.287 e. The van der Waals surface area contributed by atoms with E-state index in [1.54, 1.807) is 4.90 Å². The number of ketones is 1. The highest BCUT2D eigenvalue weighted by Gasteiger charge is 2.52. The fraction of sp³-hybridized carbons (Fsp3) is 0.450. The van der Waals surface area contributed by atoms with E-state index in [2.05, 4.69) is 14.4 Å². The lowest BCUT2D eigenvalue weighted by molar-refractivity contribution is -0.149. The molecule has 0 aromatic carbocycles. The van der Waals surface area contributed by atoms with Crippen molar-refractivity contribution >= 4 is 65.2 Å². The van der Waals surface area contributed by atoms with Crippen molar-refractivity contribution in [2.75, 3.05) is 11.6 Å². The molecule has 2 aromatic rings. The van der Waals surface area contributed by atoms with Crippen molar-refractivity contribution in [2.45, 2.75) is 43.3 Å². The number of Topliss-reactive ketones (excluding diaryl/α,β-unsaturated/α-hetero) is 1.